The number of nitrogens with zero attached hydrogens (tertiary/aromatic N) is 1. The fraction of sp³-hybridized carbons (Fsp3) is 0.800. The van der Waals surface area contributed by atoms with Gasteiger partial charge in [-0.25, -0.2) is 0 Å². The molecule has 0 saturated carbocycles. The molecule has 0 radical (unpaired) electrons. The molecule has 0 aromatic rings. The summed E-state index contributed by atoms with van der Waals surface area (Å²) in [5.74, 6) is -0.343. The van der Waals surface area contributed by atoms with E-state index in [-0.39, 0.29) is 23.9 Å². The molecule has 0 aromatic heterocycles. The third-order valence-electron chi connectivity index (χ3n) is 3.69. The molecule has 1 atom stereocenters. The van der Waals surface area contributed by atoms with Crippen LogP contribution in [0.25, 0.3) is 0 Å². The Hall–Kier alpha value is -1.59. The summed E-state index contributed by atoms with van der Waals surface area (Å²) >= 11 is 0. The molecule has 1 amide bonds. The summed E-state index contributed by atoms with van der Waals surface area (Å²) in [7, 11) is 1.39. The van der Waals surface area contributed by atoms with Crippen molar-refractivity contribution < 1.29 is 23.9 Å². The Bertz CT molecular complexity index is 369. The Morgan fingerprint density at radius 2 is 1.95 bits per heavy atom. The van der Waals surface area contributed by atoms with E-state index in [1.807, 2.05) is 4.90 Å². The minimum absolute atomic E-state index is 0.0245. The van der Waals surface area contributed by atoms with E-state index in [0.29, 0.717) is 26.0 Å². The molecule has 1 aliphatic heterocycles. The highest BCUT2D eigenvalue weighted by molar-refractivity contribution is 5.78. The van der Waals surface area contributed by atoms with Gasteiger partial charge in [0.15, 0.2) is 0 Å². The van der Waals surface area contributed by atoms with Crippen molar-refractivity contribution in [1.29, 1.82) is 0 Å². The van der Waals surface area contributed by atoms with Crippen molar-refractivity contribution in [3.63, 3.8) is 0 Å². The average Bonchev–Trinajstić information content (AvgIpc) is 2.80. The van der Waals surface area contributed by atoms with E-state index in [4.69, 9.17) is 4.74 Å². The predicted molar refractivity (Wildman–Crippen MR) is 76.5 cm³/mol. The van der Waals surface area contributed by atoms with Gasteiger partial charge in [-0.2, -0.15) is 0 Å². The standard InChI is InChI=1S/C15H25NO5/c1-12(17)21-11-13-8-9-14(18)16(13)10-6-4-3-5-7-15(19)20-2/h13H,3-11H2,1-2H3. The number of carbonyl (C=O) groups excluding carboxylic acids is 3. The lowest BCUT2D eigenvalue weighted by atomic mass is 10.1. The molecule has 0 N–H and O–H groups in total. The summed E-state index contributed by atoms with van der Waals surface area (Å²) in [5.41, 5.74) is 0. The second-order valence-electron chi connectivity index (χ2n) is 5.32. The number of hydrogen-bond donors (Lipinski definition) is 0. The first-order valence-electron chi connectivity index (χ1n) is 7.54. The zero-order valence-electron chi connectivity index (χ0n) is 12.9. The third-order valence-corrected chi connectivity index (χ3v) is 3.69. The first-order valence-corrected chi connectivity index (χ1v) is 7.54. The number of unbranched alkanes of at least 4 members (excludes halogenated alkanes) is 3. The number of rotatable bonds is 9. The van der Waals surface area contributed by atoms with Crippen molar-refractivity contribution in [3.05, 3.63) is 0 Å². The maximum absolute atomic E-state index is 11.8. The van der Waals surface area contributed by atoms with Gasteiger partial charge in [-0.05, 0) is 19.3 Å². The van der Waals surface area contributed by atoms with Gasteiger partial charge in [-0.3, -0.25) is 14.4 Å². The van der Waals surface area contributed by atoms with E-state index < -0.39 is 0 Å². The number of esters is 2. The van der Waals surface area contributed by atoms with Crippen LogP contribution in [0.3, 0.4) is 0 Å². The van der Waals surface area contributed by atoms with Crippen LogP contribution < -0.4 is 0 Å². The van der Waals surface area contributed by atoms with Crippen molar-refractivity contribution in [2.24, 2.45) is 0 Å². The first-order chi connectivity index (χ1) is 10.0. The van der Waals surface area contributed by atoms with Crippen LogP contribution in [0.1, 0.15) is 51.9 Å². The summed E-state index contributed by atoms with van der Waals surface area (Å²) < 4.78 is 9.58. The molecular weight excluding hydrogens is 274 g/mol. The van der Waals surface area contributed by atoms with Crippen molar-refractivity contribution in [3.8, 4) is 0 Å². The number of hydrogen-bond acceptors (Lipinski definition) is 5. The lowest BCUT2D eigenvalue weighted by Gasteiger charge is -2.24. The molecule has 1 heterocycles. The van der Waals surface area contributed by atoms with Crippen LogP contribution in [0.4, 0.5) is 0 Å². The van der Waals surface area contributed by atoms with E-state index in [2.05, 4.69) is 4.74 Å². The van der Waals surface area contributed by atoms with E-state index in [1.54, 1.807) is 0 Å². The molecule has 120 valence electrons. The van der Waals surface area contributed by atoms with Gasteiger partial charge >= 0.3 is 11.9 Å². The van der Waals surface area contributed by atoms with Gasteiger partial charge in [0, 0.05) is 26.3 Å². The quantitative estimate of drug-likeness (QED) is 0.478. The van der Waals surface area contributed by atoms with Crippen LogP contribution in [-0.2, 0) is 23.9 Å². The molecule has 1 saturated heterocycles. The largest absolute Gasteiger partial charge is 0.469 e. The van der Waals surface area contributed by atoms with Crippen LogP contribution in [0.5, 0.6) is 0 Å². The van der Waals surface area contributed by atoms with Crippen molar-refractivity contribution in [2.75, 3.05) is 20.3 Å². The maximum Gasteiger partial charge on any atom is 0.305 e. The van der Waals surface area contributed by atoms with Crippen LogP contribution >= 0.6 is 0 Å². The third kappa shape index (κ3) is 6.60. The smallest absolute Gasteiger partial charge is 0.305 e. The number of ether oxygens (including phenoxy) is 2. The molecule has 1 fully saturated rings. The first kappa shape index (κ1) is 17.5. The SMILES string of the molecule is COC(=O)CCCCCCN1C(=O)CCC1COC(C)=O. The summed E-state index contributed by atoms with van der Waals surface area (Å²) in [5, 5.41) is 0. The highest BCUT2D eigenvalue weighted by atomic mass is 16.5. The predicted octanol–water partition coefficient (Wildman–Crippen LogP) is 1.66. The molecule has 0 aliphatic carbocycles. The topological polar surface area (TPSA) is 72.9 Å². The molecule has 0 bridgehead atoms. The molecule has 1 unspecified atom stereocenters. The van der Waals surface area contributed by atoms with Gasteiger partial charge in [0.1, 0.15) is 6.61 Å². The zero-order chi connectivity index (χ0) is 15.7. The Morgan fingerprint density at radius 1 is 1.24 bits per heavy atom. The summed E-state index contributed by atoms with van der Waals surface area (Å²) in [4.78, 5) is 35.4. The Balaban J connectivity index is 2.17. The van der Waals surface area contributed by atoms with Crippen LogP contribution in [-0.4, -0.2) is 49.0 Å². The van der Waals surface area contributed by atoms with Gasteiger partial charge in [-0.1, -0.05) is 12.8 Å². The second-order valence-corrected chi connectivity index (χ2v) is 5.32. The van der Waals surface area contributed by atoms with Gasteiger partial charge in [0.25, 0.3) is 0 Å². The molecule has 1 rings (SSSR count). The monoisotopic (exact) mass is 299 g/mol. The summed E-state index contributed by atoms with van der Waals surface area (Å²) in [6.07, 6.45) is 5.39. The number of methoxy groups -OCH3 is 1. The fourth-order valence-corrected chi connectivity index (χ4v) is 2.49. The van der Waals surface area contributed by atoms with E-state index in [0.717, 1.165) is 32.1 Å². The molecular formula is C15H25NO5. The van der Waals surface area contributed by atoms with E-state index in [9.17, 15) is 14.4 Å². The lowest BCUT2D eigenvalue weighted by molar-refractivity contribution is -0.144. The molecule has 6 nitrogen and oxygen atoms in total. The number of amides is 1. The van der Waals surface area contributed by atoms with Gasteiger partial charge in [0.2, 0.25) is 5.91 Å². The Labute approximate surface area is 125 Å². The number of likely N-dealkylation sites (tertiary alicyclic amines) is 1. The van der Waals surface area contributed by atoms with Crippen molar-refractivity contribution in [1.82, 2.24) is 4.90 Å². The summed E-state index contributed by atoms with van der Waals surface area (Å²) in [6.45, 7) is 2.37. The molecule has 0 spiro atoms. The Kier molecular flexibility index (Phi) is 7.79. The van der Waals surface area contributed by atoms with E-state index in [1.165, 1.54) is 14.0 Å². The average molecular weight is 299 g/mol. The van der Waals surface area contributed by atoms with Gasteiger partial charge in [0.05, 0.1) is 13.2 Å². The highest BCUT2D eigenvalue weighted by Gasteiger charge is 2.30. The van der Waals surface area contributed by atoms with Crippen molar-refractivity contribution in [2.45, 2.75) is 57.9 Å². The lowest BCUT2D eigenvalue weighted by Crippen LogP contribution is -2.37. The van der Waals surface area contributed by atoms with Crippen LogP contribution in [0.15, 0.2) is 0 Å². The zero-order valence-corrected chi connectivity index (χ0v) is 12.9. The van der Waals surface area contributed by atoms with Crippen molar-refractivity contribution >= 4 is 17.8 Å². The molecule has 0 aromatic carbocycles. The maximum atomic E-state index is 11.8. The Morgan fingerprint density at radius 3 is 2.62 bits per heavy atom. The minimum atomic E-state index is -0.308. The molecule has 21 heavy (non-hydrogen) atoms. The molecule has 1 aliphatic rings. The minimum Gasteiger partial charge on any atom is -0.469 e. The fourth-order valence-electron chi connectivity index (χ4n) is 2.49. The highest BCUT2D eigenvalue weighted by Crippen LogP contribution is 2.20. The van der Waals surface area contributed by atoms with Gasteiger partial charge < -0.3 is 14.4 Å². The van der Waals surface area contributed by atoms with E-state index >= 15 is 0 Å². The number of carbonyl (C=O) groups is 3. The second kappa shape index (κ2) is 9.37. The van der Waals surface area contributed by atoms with Crippen LogP contribution in [0, 0.1) is 0 Å². The molecule has 6 heteroatoms. The van der Waals surface area contributed by atoms with Gasteiger partial charge in [-0.15, -0.1) is 0 Å². The van der Waals surface area contributed by atoms with Crippen LogP contribution in [0.2, 0.25) is 0 Å². The normalized spacial score (nSPS) is 17.9. The summed E-state index contributed by atoms with van der Waals surface area (Å²) in [6, 6.07) is 0.0245.